The van der Waals surface area contributed by atoms with Crippen molar-refractivity contribution in [1.29, 1.82) is 0 Å². The molecule has 2 N–H and O–H groups in total. The summed E-state index contributed by atoms with van der Waals surface area (Å²) in [7, 11) is 0. The highest BCUT2D eigenvalue weighted by atomic mass is 79.9. The van der Waals surface area contributed by atoms with E-state index in [-0.39, 0.29) is 5.78 Å². The Balaban J connectivity index is 2.23. The Labute approximate surface area is 115 Å². The zero-order chi connectivity index (χ0) is 13.0. The summed E-state index contributed by atoms with van der Waals surface area (Å²) < 4.78 is 0.910. The summed E-state index contributed by atoms with van der Waals surface area (Å²) in [5.74, 6) is 0.0376. The van der Waals surface area contributed by atoms with Crippen molar-refractivity contribution >= 4 is 21.7 Å². The van der Waals surface area contributed by atoms with Crippen LogP contribution in [-0.2, 0) is 6.42 Å². The van der Waals surface area contributed by atoms with Gasteiger partial charge in [0, 0.05) is 15.6 Å². The van der Waals surface area contributed by atoms with Crippen molar-refractivity contribution < 1.29 is 4.79 Å². The molecule has 0 saturated carbocycles. The molecule has 0 unspecified atom stereocenters. The molecule has 0 aliphatic rings. The molecule has 0 atom stereocenters. The van der Waals surface area contributed by atoms with Crippen LogP contribution in [0.25, 0.3) is 0 Å². The number of hydrogen-bond acceptors (Lipinski definition) is 2. The molecular formula is C15H14BrNO. The highest BCUT2D eigenvalue weighted by Gasteiger charge is 2.08. The van der Waals surface area contributed by atoms with E-state index >= 15 is 0 Å². The van der Waals surface area contributed by atoms with Gasteiger partial charge in [0.15, 0.2) is 5.78 Å². The molecule has 3 heteroatoms. The molecule has 0 bridgehead atoms. The SMILES string of the molecule is NCCc1ccc(C(=O)c2cccc(Br)c2)cc1. The van der Waals surface area contributed by atoms with Crippen molar-refractivity contribution in [3.05, 3.63) is 69.7 Å². The van der Waals surface area contributed by atoms with Gasteiger partial charge in [0.2, 0.25) is 0 Å². The Hall–Kier alpha value is -1.45. The van der Waals surface area contributed by atoms with Crippen molar-refractivity contribution in [3.8, 4) is 0 Å². The van der Waals surface area contributed by atoms with Gasteiger partial charge in [0.1, 0.15) is 0 Å². The maximum atomic E-state index is 12.2. The van der Waals surface area contributed by atoms with Crippen molar-refractivity contribution in [3.63, 3.8) is 0 Å². The molecule has 0 aliphatic carbocycles. The third kappa shape index (κ3) is 3.06. The Morgan fingerprint density at radius 1 is 1.06 bits per heavy atom. The van der Waals surface area contributed by atoms with Gasteiger partial charge in [-0.2, -0.15) is 0 Å². The number of nitrogens with two attached hydrogens (primary N) is 1. The van der Waals surface area contributed by atoms with Crippen LogP contribution >= 0.6 is 15.9 Å². The first kappa shape index (κ1) is 13.0. The van der Waals surface area contributed by atoms with E-state index in [0.29, 0.717) is 17.7 Å². The van der Waals surface area contributed by atoms with Gasteiger partial charge in [-0.3, -0.25) is 4.79 Å². The lowest BCUT2D eigenvalue weighted by Gasteiger charge is -2.03. The molecular weight excluding hydrogens is 290 g/mol. The van der Waals surface area contributed by atoms with Crippen LogP contribution in [0.4, 0.5) is 0 Å². The Kier molecular flexibility index (Phi) is 4.28. The van der Waals surface area contributed by atoms with Gasteiger partial charge in [0.25, 0.3) is 0 Å². The second-order valence-electron chi connectivity index (χ2n) is 4.08. The maximum absolute atomic E-state index is 12.2. The average molecular weight is 304 g/mol. The van der Waals surface area contributed by atoms with Crippen LogP contribution < -0.4 is 5.73 Å². The molecule has 0 saturated heterocycles. The molecule has 2 aromatic rings. The molecule has 0 amide bonds. The summed E-state index contributed by atoms with van der Waals surface area (Å²) >= 11 is 3.37. The molecule has 0 spiro atoms. The summed E-state index contributed by atoms with van der Waals surface area (Å²) in [5.41, 5.74) is 8.04. The van der Waals surface area contributed by atoms with Crippen molar-refractivity contribution in [2.24, 2.45) is 5.73 Å². The number of hydrogen-bond donors (Lipinski definition) is 1. The van der Waals surface area contributed by atoms with E-state index < -0.39 is 0 Å². The van der Waals surface area contributed by atoms with Crippen molar-refractivity contribution in [1.82, 2.24) is 0 Å². The summed E-state index contributed by atoms with van der Waals surface area (Å²) in [6, 6.07) is 15.0. The first-order valence-electron chi connectivity index (χ1n) is 5.80. The van der Waals surface area contributed by atoms with Crippen LogP contribution in [0.1, 0.15) is 21.5 Å². The van der Waals surface area contributed by atoms with Gasteiger partial charge in [-0.05, 0) is 30.7 Å². The highest BCUT2D eigenvalue weighted by Crippen LogP contribution is 2.16. The summed E-state index contributed by atoms with van der Waals surface area (Å²) in [6.45, 7) is 0.624. The van der Waals surface area contributed by atoms with Gasteiger partial charge in [-0.1, -0.05) is 52.3 Å². The molecule has 92 valence electrons. The van der Waals surface area contributed by atoms with Gasteiger partial charge in [-0.25, -0.2) is 0 Å². The number of carbonyl (C=O) groups is 1. The molecule has 0 aliphatic heterocycles. The van der Waals surface area contributed by atoms with E-state index in [1.807, 2.05) is 48.5 Å². The molecule has 0 radical (unpaired) electrons. The predicted molar refractivity (Wildman–Crippen MR) is 76.8 cm³/mol. The van der Waals surface area contributed by atoms with Crippen LogP contribution in [0.15, 0.2) is 53.0 Å². The van der Waals surface area contributed by atoms with Crippen molar-refractivity contribution in [2.75, 3.05) is 6.54 Å². The number of rotatable bonds is 4. The number of ketones is 1. The van der Waals surface area contributed by atoms with Crippen LogP contribution in [0.2, 0.25) is 0 Å². The van der Waals surface area contributed by atoms with E-state index in [1.54, 1.807) is 0 Å². The molecule has 18 heavy (non-hydrogen) atoms. The highest BCUT2D eigenvalue weighted by molar-refractivity contribution is 9.10. The monoisotopic (exact) mass is 303 g/mol. The fraction of sp³-hybridized carbons (Fsp3) is 0.133. The normalized spacial score (nSPS) is 10.3. The van der Waals surface area contributed by atoms with Crippen LogP contribution in [0, 0.1) is 0 Å². The molecule has 2 nitrogen and oxygen atoms in total. The number of carbonyl (C=O) groups excluding carboxylic acids is 1. The fourth-order valence-electron chi connectivity index (χ4n) is 1.79. The first-order chi connectivity index (χ1) is 8.70. The smallest absolute Gasteiger partial charge is 0.193 e. The third-order valence-electron chi connectivity index (χ3n) is 2.74. The van der Waals surface area contributed by atoms with Gasteiger partial charge < -0.3 is 5.73 Å². The minimum Gasteiger partial charge on any atom is -0.330 e. The third-order valence-corrected chi connectivity index (χ3v) is 3.23. The lowest BCUT2D eigenvalue weighted by molar-refractivity contribution is 0.103. The molecule has 2 rings (SSSR count). The second kappa shape index (κ2) is 5.94. The van der Waals surface area contributed by atoms with E-state index in [0.717, 1.165) is 16.5 Å². The molecule has 0 heterocycles. The first-order valence-corrected chi connectivity index (χ1v) is 6.59. The lowest BCUT2D eigenvalue weighted by atomic mass is 10.0. The molecule has 2 aromatic carbocycles. The molecule has 0 fully saturated rings. The quantitative estimate of drug-likeness (QED) is 0.882. The topological polar surface area (TPSA) is 43.1 Å². The van der Waals surface area contributed by atoms with Gasteiger partial charge >= 0.3 is 0 Å². The molecule has 0 aromatic heterocycles. The van der Waals surface area contributed by atoms with Gasteiger partial charge in [-0.15, -0.1) is 0 Å². The average Bonchev–Trinajstić information content (AvgIpc) is 2.39. The second-order valence-corrected chi connectivity index (χ2v) is 4.99. The zero-order valence-electron chi connectivity index (χ0n) is 9.90. The predicted octanol–water partition coefficient (Wildman–Crippen LogP) is 3.18. The van der Waals surface area contributed by atoms with E-state index in [4.69, 9.17) is 5.73 Å². The largest absolute Gasteiger partial charge is 0.330 e. The van der Waals surface area contributed by atoms with E-state index in [9.17, 15) is 4.79 Å². The number of benzene rings is 2. The summed E-state index contributed by atoms with van der Waals surface area (Å²) in [5, 5.41) is 0. The minimum atomic E-state index is 0.0376. The van der Waals surface area contributed by atoms with Crippen molar-refractivity contribution in [2.45, 2.75) is 6.42 Å². The van der Waals surface area contributed by atoms with E-state index in [2.05, 4.69) is 15.9 Å². The fourth-order valence-corrected chi connectivity index (χ4v) is 2.19. The summed E-state index contributed by atoms with van der Waals surface area (Å²) in [6.07, 6.45) is 0.839. The Bertz CT molecular complexity index is 549. The van der Waals surface area contributed by atoms with Crippen LogP contribution in [0.5, 0.6) is 0 Å². The maximum Gasteiger partial charge on any atom is 0.193 e. The standard InChI is InChI=1S/C15H14BrNO/c16-14-3-1-2-13(10-14)15(18)12-6-4-11(5-7-12)8-9-17/h1-7,10H,8-9,17H2. The Morgan fingerprint density at radius 3 is 2.39 bits per heavy atom. The number of halogens is 1. The minimum absolute atomic E-state index is 0.0376. The van der Waals surface area contributed by atoms with Crippen LogP contribution in [0.3, 0.4) is 0 Å². The van der Waals surface area contributed by atoms with Crippen LogP contribution in [-0.4, -0.2) is 12.3 Å². The van der Waals surface area contributed by atoms with E-state index in [1.165, 1.54) is 0 Å². The Morgan fingerprint density at radius 2 is 1.78 bits per heavy atom. The lowest BCUT2D eigenvalue weighted by Crippen LogP contribution is -2.04. The van der Waals surface area contributed by atoms with Gasteiger partial charge in [0.05, 0.1) is 0 Å². The zero-order valence-corrected chi connectivity index (χ0v) is 11.5. The summed E-state index contributed by atoms with van der Waals surface area (Å²) in [4.78, 5) is 12.2.